The van der Waals surface area contributed by atoms with Crippen molar-refractivity contribution in [3.05, 3.63) is 404 Å². The Hall–Kier alpha value is -12.8. The molecule has 0 saturated heterocycles. The lowest BCUT2D eigenvalue weighted by Gasteiger charge is -2.15. The zero-order valence-electron chi connectivity index (χ0n) is 72.7. The third kappa shape index (κ3) is 18.2. The summed E-state index contributed by atoms with van der Waals surface area (Å²) in [5.74, 6) is 0. The standard InChI is InChI=1S/2C29H30N.C28H28N.C27H26N/c1-19-10-7-8-13-25(19)24-15-14-20(2)26(16-24)28-17-27(23(5)18-30(28)6)29-21(3)11-9-12-22(29)4;1-19-11-14-26(22(4)15-19)27-17-29(30(6)18-23(27)5)28-16-24(13-12-21(28)3)25-10-8-7-9-20(25)2;1-19-10-6-8-12-24(19)23-15-14-21(3)27(16-23)28-17-26(22(4)18-29(28)5)25-13-9-7-11-20(25)2;1-19-10-8-9-13-24(19)23-15-14-20(2)26(16-23)27-17-25(21(3)18-28(27)4)22-11-6-5-7-12-22/h2*7-18H,1-6H3;6-18H,1-5H3;5-18H,1-4H3/q4*+1. The Morgan fingerprint density at radius 1 is 0.145 bits per heavy atom. The van der Waals surface area contributed by atoms with E-state index in [1.54, 1.807) is 0 Å². The highest BCUT2D eigenvalue weighted by atomic mass is 14.9. The first-order valence-corrected chi connectivity index (χ1v) is 41.2. The van der Waals surface area contributed by atoms with Crippen LogP contribution in [0.5, 0.6) is 0 Å². The highest BCUT2D eigenvalue weighted by molar-refractivity contribution is 5.84. The summed E-state index contributed by atoms with van der Waals surface area (Å²) < 4.78 is 9.01. The van der Waals surface area contributed by atoms with Gasteiger partial charge in [-0.25, -0.2) is 18.3 Å². The van der Waals surface area contributed by atoms with Crippen LogP contribution in [0.25, 0.3) is 134 Å². The maximum Gasteiger partial charge on any atom is 0.213 e. The molecule has 0 aliphatic carbocycles. The fraction of sp³-hybridized carbons (Fsp3) is 0.186. The molecule has 0 amide bonds. The van der Waals surface area contributed by atoms with Crippen LogP contribution in [0.15, 0.2) is 310 Å². The van der Waals surface area contributed by atoms with Crippen LogP contribution in [0, 0.1) is 118 Å². The number of nitrogens with zero attached hydrogens (tertiary/aromatic N) is 4. The van der Waals surface area contributed by atoms with Crippen molar-refractivity contribution in [1.82, 2.24) is 0 Å². The Balaban J connectivity index is 0.000000136. The number of aryl methyl sites for hydroxylation is 21. The molecule has 12 aromatic carbocycles. The lowest BCUT2D eigenvalue weighted by atomic mass is 9.90. The fourth-order valence-electron chi connectivity index (χ4n) is 17.1. The van der Waals surface area contributed by atoms with Gasteiger partial charge in [0.25, 0.3) is 0 Å². The van der Waals surface area contributed by atoms with Gasteiger partial charge in [0.1, 0.15) is 28.2 Å². The Kier molecular flexibility index (Phi) is 25.3. The highest BCUT2D eigenvalue weighted by Crippen LogP contribution is 2.40. The quantitative estimate of drug-likeness (QED) is 0.108. The van der Waals surface area contributed by atoms with E-state index >= 15 is 0 Å². The van der Waals surface area contributed by atoms with Crippen LogP contribution in [0.2, 0.25) is 0 Å². The third-order valence-electron chi connectivity index (χ3n) is 23.7. The van der Waals surface area contributed by atoms with Crippen molar-refractivity contribution in [3.63, 3.8) is 0 Å². The van der Waals surface area contributed by atoms with Crippen LogP contribution in [-0.4, -0.2) is 0 Å². The second kappa shape index (κ2) is 36.0. The average Bonchev–Trinajstić information content (AvgIpc) is 0.789. The van der Waals surface area contributed by atoms with Gasteiger partial charge in [0.15, 0.2) is 24.8 Å². The molecular weight excluding hydrogens is 1410 g/mol. The number of pyridine rings is 4. The van der Waals surface area contributed by atoms with Gasteiger partial charge in [-0.15, -0.1) is 0 Å². The van der Waals surface area contributed by atoms with E-state index in [2.05, 4.69) is 474 Å². The van der Waals surface area contributed by atoms with Gasteiger partial charge in [-0.2, -0.15) is 0 Å². The molecule has 16 rings (SSSR count). The lowest BCUT2D eigenvalue weighted by Crippen LogP contribution is -2.31. The van der Waals surface area contributed by atoms with Crippen LogP contribution in [-0.2, 0) is 28.2 Å². The Bertz CT molecular complexity index is 6360. The maximum absolute atomic E-state index is 2.37. The van der Waals surface area contributed by atoms with Crippen molar-refractivity contribution in [2.75, 3.05) is 0 Å². The predicted octanol–water partition coefficient (Wildman–Crippen LogP) is 27.3. The topological polar surface area (TPSA) is 15.5 Å². The van der Waals surface area contributed by atoms with E-state index in [0.717, 1.165) is 0 Å². The summed E-state index contributed by atoms with van der Waals surface area (Å²) >= 11 is 0. The van der Waals surface area contributed by atoms with Crippen molar-refractivity contribution < 1.29 is 18.3 Å². The summed E-state index contributed by atoms with van der Waals surface area (Å²) in [7, 11) is 8.57. The van der Waals surface area contributed by atoms with Crippen molar-refractivity contribution in [2.24, 2.45) is 28.2 Å². The minimum atomic E-state index is 1.23. The summed E-state index contributed by atoms with van der Waals surface area (Å²) in [6.45, 7) is 37.3. The van der Waals surface area contributed by atoms with Crippen molar-refractivity contribution in [2.45, 2.75) is 118 Å². The molecule has 16 aromatic rings. The molecular formula is C113H114N4+4. The van der Waals surface area contributed by atoms with E-state index in [1.807, 2.05) is 0 Å². The molecule has 0 atom stereocenters. The van der Waals surface area contributed by atoms with E-state index in [9.17, 15) is 0 Å². The number of benzene rings is 12. The molecule has 0 bridgehead atoms. The molecule has 582 valence electrons. The number of hydrogen-bond donors (Lipinski definition) is 0. The SMILES string of the molecule is Cc1ccc(-c2cc(-c3cc(-c4ccccc4C)ccc3C)[n+](C)cc2C)c(C)c1.Cc1ccccc1-c1ccc(C)c(-c2cc(-c3c(C)cccc3C)c(C)c[n+]2C)c1.Cc1ccccc1-c1ccc(C)c(-c2cc(-c3ccccc3)c(C)c[n+]2C)c1.Cc1ccccc1-c1ccc(C)c(-c2cc(-c3ccccc3C)c(C)c[n+]2C)c1. The molecule has 117 heavy (non-hydrogen) atoms. The summed E-state index contributed by atoms with van der Waals surface area (Å²) in [5.41, 5.74) is 52.9. The second-order valence-corrected chi connectivity index (χ2v) is 32.6. The molecule has 0 aliphatic rings. The Morgan fingerprint density at radius 3 is 0.726 bits per heavy atom. The fourth-order valence-corrected chi connectivity index (χ4v) is 17.1. The molecule has 0 aliphatic heterocycles. The Labute approximate surface area is 698 Å². The zero-order chi connectivity index (χ0) is 83.0. The minimum Gasteiger partial charge on any atom is -0.201 e. The molecule has 0 radical (unpaired) electrons. The smallest absolute Gasteiger partial charge is 0.201 e. The summed E-state index contributed by atoms with van der Waals surface area (Å²) in [5, 5.41) is 0. The van der Waals surface area contributed by atoms with Crippen LogP contribution in [0.1, 0.15) is 94.6 Å². The Morgan fingerprint density at radius 2 is 0.402 bits per heavy atom. The van der Waals surface area contributed by atoms with Gasteiger partial charge in [0, 0.05) is 68.8 Å². The van der Waals surface area contributed by atoms with Crippen LogP contribution in [0.4, 0.5) is 0 Å². The van der Waals surface area contributed by atoms with Gasteiger partial charge in [-0.3, -0.25) is 0 Å². The molecule has 0 unspecified atom stereocenters. The summed E-state index contributed by atoms with van der Waals surface area (Å²) in [4.78, 5) is 0. The van der Waals surface area contributed by atoms with Crippen LogP contribution >= 0.6 is 0 Å². The predicted molar refractivity (Wildman–Crippen MR) is 496 cm³/mol. The number of rotatable bonds is 12. The second-order valence-electron chi connectivity index (χ2n) is 32.6. The molecule has 0 fully saturated rings. The largest absolute Gasteiger partial charge is 0.213 e. The van der Waals surface area contributed by atoms with Crippen molar-refractivity contribution in [3.8, 4) is 134 Å². The van der Waals surface area contributed by atoms with Gasteiger partial charge < -0.3 is 0 Å². The zero-order valence-corrected chi connectivity index (χ0v) is 72.7. The normalized spacial score (nSPS) is 10.9. The molecule has 0 N–H and O–H groups in total. The molecule has 4 nitrogen and oxygen atoms in total. The van der Waals surface area contributed by atoms with Gasteiger partial charge in [0.2, 0.25) is 22.8 Å². The summed E-state index contributed by atoms with van der Waals surface area (Å²) in [6.07, 6.45) is 8.99. The van der Waals surface area contributed by atoms with Crippen LogP contribution in [0.3, 0.4) is 0 Å². The third-order valence-corrected chi connectivity index (χ3v) is 23.7. The highest BCUT2D eigenvalue weighted by Gasteiger charge is 2.25. The van der Waals surface area contributed by atoms with Crippen molar-refractivity contribution in [1.29, 1.82) is 0 Å². The first-order chi connectivity index (χ1) is 56.2. The molecule has 4 heterocycles. The first-order valence-electron chi connectivity index (χ1n) is 41.2. The van der Waals surface area contributed by atoms with Gasteiger partial charge >= 0.3 is 0 Å². The van der Waals surface area contributed by atoms with Gasteiger partial charge in [-0.1, -0.05) is 242 Å². The molecule has 4 heteroatoms. The van der Waals surface area contributed by atoms with Gasteiger partial charge in [0.05, 0.1) is 0 Å². The average molecular weight is 1530 g/mol. The van der Waals surface area contributed by atoms with E-state index in [0.29, 0.717) is 0 Å². The number of hydrogen-bond acceptors (Lipinski definition) is 0. The molecule has 4 aromatic heterocycles. The molecule has 0 saturated carbocycles. The van der Waals surface area contributed by atoms with E-state index in [-0.39, 0.29) is 0 Å². The minimum absolute atomic E-state index is 1.23. The van der Waals surface area contributed by atoms with Gasteiger partial charge in [-0.05, 0) is 298 Å². The summed E-state index contributed by atoms with van der Waals surface area (Å²) in [6, 6.07) is 104. The molecule has 0 spiro atoms. The van der Waals surface area contributed by atoms with E-state index < -0.39 is 0 Å². The number of aromatic nitrogens is 4. The lowest BCUT2D eigenvalue weighted by molar-refractivity contribution is -0.660. The maximum atomic E-state index is 2.37. The van der Waals surface area contributed by atoms with E-state index in [4.69, 9.17) is 0 Å². The van der Waals surface area contributed by atoms with Crippen molar-refractivity contribution >= 4 is 0 Å². The van der Waals surface area contributed by atoms with E-state index in [1.165, 1.54) is 229 Å². The monoisotopic (exact) mass is 1530 g/mol. The first kappa shape index (κ1) is 82.2. The van der Waals surface area contributed by atoms with Crippen LogP contribution < -0.4 is 18.3 Å².